The van der Waals surface area contributed by atoms with Crippen LogP contribution < -0.4 is 0 Å². The molecular weight excluding hydrogens is 354 g/mol. The molecule has 0 aromatic rings. The van der Waals surface area contributed by atoms with Crippen LogP contribution in [0.2, 0.25) is 0 Å². The summed E-state index contributed by atoms with van der Waals surface area (Å²) in [5, 5.41) is 0. The predicted molar refractivity (Wildman–Crippen MR) is 98.2 cm³/mol. The van der Waals surface area contributed by atoms with Crippen molar-refractivity contribution >= 4 is 23.8 Å². The summed E-state index contributed by atoms with van der Waals surface area (Å²) in [6, 6.07) is 0. The molecule has 0 saturated carbocycles. The Morgan fingerprint density at radius 2 is 1.63 bits per heavy atom. The molecule has 0 aromatic carbocycles. The third kappa shape index (κ3) is 9.31. The predicted octanol–water partition coefficient (Wildman–Crippen LogP) is 1.68. The maximum Gasteiger partial charge on any atom is 0.338 e. The summed E-state index contributed by atoms with van der Waals surface area (Å²) in [5.41, 5.74) is 0.577. The molecule has 1 fully saturated rings. The second-order valence-electron chi connectivity index (χ2n) is 5.51. The average molecular weight is 379 g/mol. The maximum absolute atomic E-state index is 12.0. The number of rotatable bonds is 8. The van der Waals surface area contributed by atoms with E-state index < -0.39 is 23.5 Å². The fourth-order valence-corrected chi connectivity index (χ4v) is 1.41. The second kappa shape index (κ2) is 11.6. The maximum atomic E-state index is 12.0. The molecule has 1 saturated heterocycles. The zero-order valence-electron chi connectivity index (χ0n) is 15.9. The Labute approximate surface area is 158 Å². The molecule has 0 aromatic heterocycles. The minimum absolute atomic E-state index is 0.0767. The number of carbonyl (C=O) groups is 4. The number of carbonyl (C=O) groups excluding carboxylic acids is 4. The molecule has 0 N–H and O–H groups in total. The van der Waals surface area contributed by atoms with E-state index >= 15 is 0 Å². The fraction of sp³-hybridized carbons (Fsp3) is 0.368. The van der Waals surface area contributed by atoms with Crippen molar-refractivity contribution in [2.75, 3.05) is 19.8 Å². The van der Waals surface area contributed by atoms with Crippen molar-refractivity contribution in [1.29, 1.82) is 0 Å². The van der Waals surface area contributed by atoms with Crippen LogP contribution in [0.25, 0.3) is 0 Å². The van der Waals surface area contributed by atoms with Gasteiger partial charge >= 0.3 is 11.9 Å². The smallest absolute Gasteiger partial charge is 0.338 e. The van der Waals surface area contributed by atoms with E-state index in [1.165, 1.54) is 6.92 Å². The summed E-state index contributed by atoms with van der Waals surface area (Å²) in [6.07, 6.45) is 0.811. The van der Waals surface area contributed by atoms with Crippen molar-refractivity contribution in [2.45, 2.75) is 26.9 Å². The molecule has 148 valence electrons. The van der Waals surface area contributed by atoms with Crippen LogP contribution in [0.3, 0.4) is 0 Å². The number of esters is 2. The van der Waals surface area contributed by atoms with Gasteiger partial charge in [0.05, 0.1) is 25.9 Å². The first-order chi connectivity index (χ1) is 12.5. The van der Waals surface area contributed by atoms with Crippen LogP contribution in [0, 0.1) is 0 Å². The van der Waals surface area contributed by atoms with Gasteiger partial charge in [-0.1, -0.05) is 26.3 Å². The molecule has 0 spiro atoms. The molecule has 0 aliphatic carbocycles. The molecule has 1 aliphatic heterocycles. The summed E-state index contributed by atoms with van der Waals surface area (Å²) in [6.45, 7) is 19.2. The van der Waals surface area contributed by atoms with Crippen molar-refractivity contribution in [1.82, 2.24) is 4.90 Å². The monoisotopic (exact) mass is 379 g/mol. The number of amides is 2. The zero-order valence-corrected chi connectivity index (χ0v) is 15.9. The third-order valence-corrected chi connectivity index (χ3v) is 2.90. The van der Waals surface area contributed by atoms with Crippen molar-refractivity contribution in [3.8, 4) is 0 Å². The molecule has 1 rings (SSSR count). The highest BCUT2D eigenvalue weighted by Crippen LogP contribution is 2.14. The van der Waals surface area contributed by atoms with E-state index in [4.69, 9.17) is 9.47 Å². The Balaban J connectivity index is 0.000000713. The second-order valence-corrected chi connectivity index (χ2v) is 5.51. The Bertz CT molecular complexity index is 659. The molecular formula is C19H25NO7. The van der Waals surface area contributed by atoms with Crippen molar-refractivity contribution in [3.63, 3.8) is 0 Å². The molecule has 1 aliphatic rings. The van der Waals surface area contributed by atoms with Crippen LogP contribution in [0.1, 0.15) is 20.8 Å². The minimum Gasteiger partial charge on any atom is -0.463 e. The topological polar surface area (TPSA) is 103 Å². The molecule has 27 heavy (non-hydrogen) atoms. The lowest BCUT2D eigenvalue weighted by Crippen LogP contribution is -2.40. The van der Waals surface area contributed by atoms with Crippen molar-refractivity contribution in [3.05, 3.63) is 49.3 Å². The Morgan fingerprint density at radius 1 is 1.11 bits per heavy atom. The van der Waals surface area contributed by atoms with Crippen molar-refractivity contribution in [2.24, 2.45) is 0 Å². The highest BCUT2D eigenvalue weighted by Gasteiger charge is 2.32. The first kappa shape index (κ1) is 24.0. The lowest BCUT2D eigenvalue weighted by Gasteiger charge is -2.18. The van der Waals surface area contributed by atoms with Crippen LogP contribution in [-0.2, 0) is 33.4 Å². The first-order valence-corrected chi connectivity index (χ1v) is 8.04. The van der Waals surface area contributed by atoms with Gasteiger partial charge in [-0.15, -0.1) is 0 Å². The van der Waals surface area contributed by atoms with Gasteiger partial charge in [0.2, 0.25) is 0 Å². The fourth-order valence-electron chi connectivity index (χ4n) is 1.41. The summed E-state index contributed by atoms with van der Waals surface area (Å²) < 4.78 is 14.2. The first-order valence-electron chi connectivity index (χ1n) is 8.04. The molecule has 0 radical (unpaired) electrons. The van der Waals surface area contributed by atoms with Crippen LogP contribution >= 0.6 is 0 Å². The third-order valence-electron chi connectivity index (χ3n) is 2.90. The van der Waals surface area contributed by atoms with Gasteiger partial charge in [-0.25, -0.2) is 9.59 Å². The van der Waals surface area contributed by atoms with E-state index in [0.717, 1.165) is 11.0 Å². The van der Waals surface area contributed by atoms with Gasteiger partial charge in [-0.3, -0.25) is 14.5 Å². The quantitative estimate of drug-likeness (QED) is 0.274. The lowest BCUT2D eigenvalue weighted by atomic mass is 10.3. The molecule has 0 bridgehead atoms. The largest absolute Gasteiger partial charge is 0.463 e. The van der Waals surface area contributed by atoms with Gasteiger partial charge in [0, 0.05) is 11.1 Å². The Morgan fingerprint density at radius 3 is 1.96 bits per heavy atom. The van der Waals surface area contributed by atoms with Crippen LogP contribution in [0.4, 0.5) is 0 Å². The van der Waals surface area contributed by atoms with Gasteiger partial charge in [0.1, 0.15) is 0 Å². The normalized spacial score (nSPS) is 13.8. The van der Waals surface area contributed by atoms with Crippen LogP contribution in [0.15, 0.2) is 49.3 Å². The highest BCUT2D eigenvalue weighted by molar-refractivity contribution is 6.07. The number of epoxide rings is 1. The van der Waals surface area contributed by atoms with Gasteiger partial charge in [-0.2, -0.15) is 0 Å². The molecule has 1 heterocycles. The Hall–Kier alpha value is -3.00. The number of hydrogen-bond acceptors (Lipinski definition) is 7. The SMILES string of the molecule is C=C(C)C(=O)OCC.C=CC(=O)N(CC1CO1)C(=O)C(=C)OC(=O)C(=C)C. The van der Waals surface area contributed by atoms with E-state index in [0.29, 0.717) is 18.8 Å². The standard InChI is InChI=1S/C13H15NO5.C6H10O2/c1-5-11(15)14(6-10-7-18-10)12(16)9(4)19-13(17)8(2)3;1-4-8-6(7)5(2)3/h5,10H,1-2,4,6-7H2,3H3;2,4H2,1,3H3. The van der Waals surface area contributed by atoms with Crippen molar-refractivity contribution < 1.29 is 33.4 Å². The highest BCUT2D eigenvalue weighted by atomic mass is 16.6. The van der Waals surface area contributed by atoms with Gasteiger partial charge in [0.15, 0.2) is 5.76 Å². The van der Waals surface area contributed by atoms with Gasteiger partial charge in [-0.05, 0) is 26.8 Å². The summed E-state index contributed by atoms with van der Waals surface area (Å²) in [7, 11) is 0. The summed E-state index contributed by atoms with van der Waals surface area (Å²) >= 11 is 0. The minimum atomic E-state index is -0.796. The molecule has 8 nitrogen and oxygen atoms in total. The summed E-state index contributed by atoms with van der Waals surface area (Å²) in [5.74, 6) is -2.92. The lowest BCUT2D eigenvalue weighted by molar-refractivity contribution is -0.147. The molecule has 1 unspecified atom stereocenters. The van der Waals surface area contributed by atoms with Crippen LogP contribution in [-0.4, -0.2) is 54.5 Å². The van der Waals surface area contributed by atoms with Crippen LogP contribution in [0.5, 0.6) is 0 Å². The average Bonchev–Trinajstić information content (AvgIpc) is 3.43. The van der Waals surface area contributed by atoms with E-state index in [2.05, 4.69) is 31.1 Å². The number of imide groups is 1. The zero-order chi connectivity index (χ0) is 21.1. The summed E-state index contributed by atoms with van der Waals surface area (Å²) in [4.78, 5) is 46.1. The Kier molecular flexibility index (Phi) is 10.3. The van der Waals surface area contributed by atoms with E-state index in [1.807, 2.05) is 0 Å². The number of ether oxygens (including phenoxy) is 3. The molecule has 2 amide bonds. The van der Waals surface area contributed by atoms with Gasteiger partial charge in [0.25, 0.3) is 11.8 Å². The van der Waals surface area contributed by atoms with E-state index in [1.54, 1.807) is 13.8 Å². The molecule has 8 heteroatoms. The van der Waals surface area contributed by atoms with E-state index in [9.17, 15) is 19.2 Å². The van der Waals surface area contributed by atoms with Gasteiger partial charge < -0.3 is 14.2 Å². The number of nitrogens with zero attached hydrogens (tertiary/aromatic N) is 1. The molecule has 1 atom stereocenters. The number of hydrogen-bond donors (Lipinski definition) is 0. The van der Waals surface area contributed by atoms with E-state index in [-0.39, 0.29) is 24.2 Å².